The van der Waals surface area contributed by atoms with Crippen molar-refractivity contribution < 1.29 is 4.74 Å². The van der Waals surface area contributed by atoms with Crippen molar-refractivity contribution in [3.05, 3.63) is 36.0 Å². The maximum Gasteiger partial charge on any atom is 0.0730 e. The van der Waals surface area contributed by atoms with Crippen molar-refractivity contribution in [1.82, 2.24) is 4.90 Å². The maximum atomic E-state index is 6.38. The lowest BCUT2D eigenvalue weighted by Crippen LogP contribution is -2.48. The van der Waals surface area contributed by atoms with Crippen LogP contribution in [0.2, 0.25) is 0 Å². The molecule has 0 aromatic carbocycles. The summed E-state index contributed by atoms with van der Waals surface area (Å²) in [5.41, 5.74) is 1.34. The normalized spacial score (nSPS) is 20.3. The Kier molecular flexibility index (Phi) is 21.9. The molecule has 2 atom stereocenters. The topological polar surface area (TPSA) is 12.5 Å². The van der Waals surface area contributed by atoms with Crippen LogP contribution in [0.4, 0.5) is 0 Å². The monoisotopic (exact) mass is 393 g/mol. The molecular weight excluding hydrogens is 342 g/mol. The van der Waals surface area contributed by atoms with Gasteiger partial charge in [-0.1, -0.05) is 91.7 Å². The first-order valence-corrected chi connectivity index (χ1v) is 11.9. The molecule has 0 spiro atoms. The molecule has 0 aromatic heterocycles. The predicted molar refractivity (Wildman–Crippen MR) is 129 cm³/mol. The third-order valence-electron chi connectivity index (χ3n) is 4.75. The van der Waals surface area contributed by atoms with Crippen LogP contribution >= 0.6 is 0 Å². The molecule has 2 unspecified atom stereocenters. The van der Waals surface area contributed by atoms with Gasteiger partial charge in [-0.25, -0.2) is 0 Å². The molecule has 1 aliphatic carbocycles. The quantitative estimate of drug-likeness (QED) is 0.351. The number of hydrogen-bond acceptors (Lipinski definition) is 2. The summed E-state index contributed by atoms with van der Waals surface area (Å²) < 4.78 is 6.38. The summed E-state index contributed by atoms with van der Waals surface area (Å²) in [7, 11) is 0. The first-order chi connectivity index (χ1) is 13.6. The summed E-state index contributed by atoms with van der Waals surface area (Å²) in [5.74, 6) is 0.720. The minimum absolute atomic E-state index is 0.408. The molecule has 166 valence electrons. The molecule has 1 saturated carbocycles. The first-order valence-electron chi connectivity index (χ1n) is 11.9. The second-order valence-corrected chi connectivity index (χ2v) is 7.26. The van der Waals surface area contributed by atoms with Crippen molar-refractivity contribution in [1.29, 1.82) is 0 Å². The molecular formula is C26H51NO. The van der Waals surface area contributed by atoms with Crippen LogP contribution in [0, 0.1) is 5.92 Å². The second kappa shape index (κ2) is 20.9. The summed E-state index contributed by atoms with van der Waals surface area (Å²) in [6.07, 6.45) is 17.3. The van der Waals surface area contributed by atoms with Gasteiger partial charge in [0.25, 0.3) is 0 Å². The van der Waals surface area contributed by atoms with Crippen molar-refractivity contribution in [2.24, 2.45) is 5.92 Å². The highest BCUT2D eigenvalue weighted by Crippen LogP contribution is 2.26. The van der Waals surface area contributed by atoms with E-state index >= 15 is 0 Å². The maximum absolute atomic E-state index is 6.38. The van der Waals surface area contributed by atoms with Crippen molar-refractivity contribution in [2.45, 2.75) is 107 Å². The zero-order chi connectivity index (χ0) is 21.8. The Morgan fingerprint density at radius 3 is 2.21 bits per heavy atom. The fourth-order valence-corrected chi connectivity index (χ4v) is 3.64. The molecule has 0 heterocycles. The van der Waals surface area contributed by atoms with Crippen LogP contribution in [-0.2, 0) is 4.74 Å². The lowest BCUT2D eigenvalue weighted by molar-refractivity contribution is -0.0366. The summed E-state index contributed by atoms with van der Waals surface area (Å²) in [4.78, 5) is 2.65. The van der Waals surface area contributed by atoms with Crippen LogP contribution in [-0.4, -0.2) is 36.7 Å². The Balaban J connectivity index is 0. The minimum atomic E-state index is 0.408. The smallest absolute Gasteiger partial charge is 0.0730 e. The molecule has 0 N–H and O–H groups in total. The standard InChI is InChI=1S/C22H39NO.2C2H6/c1-6-9-13-20(12-7-2)16-17-24-22-15-11-10-14-21(22)23(8-3)18-19(4)5;2*1-2/h6-7,9,12-13,19,21-22H,8,10-11,14-18H2,1-5H3;2*1-2H3/b9-6-,12-7-,20-13+;;. The molecule has 1 fully saturated rings. The fraction of sp³-hybridized carbons (Fsp3) is 0.769. The van der Waals surface area contributed by atoms with Crippen molar-refractivity contribution in [3.63, 3.8) is 0 Å². The lowest BCUT2D eigenvalue weighted by atomic mass is 9.90. The Morgan fingerprint density at radius 1 is 1.04 bits per heavy atom. The average Bonchev–Trinajstić information content (AvgIpc) is 2.73. The van der Waals surface area contributed by atoms with Gasteiger partial charge in [0.1, 0.15) is 0 Å². The summed E-state index contributed by atoms with van der Waals surface area (Å²) in [6.45, 7) is 22.2. The number of hydrogen-bond donors (Lipinski definition) is 0. The van der Waals surface area contributed by atoms with Crippen LogP contribution in [0.3, 0.4) is 0 Å². The van der Waals surface area contributed by atoms with Crippen molar-refractivity contribution >= 4 is 0 Å². The average molecular weight is 394 g/mol. The van der Waals surface area contributed by atoms with Gasteiger partial charge in [0.2, 0.25) is 0 Å². The molecule has 1 aliphatic rings. The van der Waals surface area contributed by atoms with Gasteiger partial charge < -0.3 is 4.74 Å². The van der Waals surface area contributed by atoms with Crippen LogP contribution < -0.4 is 0 Å². The van der Waals surface area contributed by atoms with Gasteiger partial charge in [0, 0.05) is 12.6 Å². The Labute approximate surface area is 178 Å². The second-order valence-electron chi connectivity index (χ2n) is 7.26. The van der Waals surface area contributed by atoms with Gasteiger partial charge >= 0.3 is 0 Å². The van der Waals surface area contributed by atoms with Gasteiger partial charge in [-0.15, -0.1) is 0 Å². The van der Waals surface area contributed by atoms with Crippen LogP contribution in [0.25, 0.3) is 0 Å². The largest absolute Gasteiger partial charge is 0.376 e. The highest BCUT2D eigenvalue weighted by atomic mass is 16.5. The van der Waals surface area contributed by atoms with E-state index < -0.39 is 0 Å². The zero-order valence-corrected chi connectivity index (χ0v) is 20.6. The Hall–Kier alpha value is -0.860. The molecule has 0 amide bonds. The summed E-state index contributed by atoms with van der Waals surface area (Å²) in [6, 6.07) is 0.607. The van der Waals surface area contributed by atoms with Gasteiger partial charge in [-0.3, -0.25) is 4.90 Å². The van der Waals surface area contributed by atoms with Crippen LogP contribution in [0.1, 0.15) is 94.4 Å². The van der Waals surface area contributed by atoms with E-state index in [1.165, 1.54) is 37.8 Å². The van der Waals surface area contributed by atoms with Crippen LogP contribution in [0.15, 0.2) is 36.0 Å². The van der Waals surface area contributed by atoms with E-state index in [0.717, 1.165) is 25.5 Å². The fourth-order valence-electron chi connectivity index (χ4n) is 3.64. The number of likely N-dealkylation sites (N-methyl/N-ethyl adjacent to an activating group) is 1. The van der Waals surface area contributed by atoms with E-state index in [0.29, 0.717) is 12.1 Å². The number of ether oxygens (including phenoxy) is 1. The molecule has 1 rings (SSSR count). The highest BCUT2D eigenvalue weighted by molar-refractivity contribution is 5.23. The third kappa shape index (κ3) is 13.3. The zero-order valence-electron chi connectivity index (χ0n) is 20.6. The predicted octanol–water partition coefficient (Wildman–Crippen LogP) is 7.81. The molecule has 0 aliphatic heterocycles. The number of nitrogens with zero attached hydrogens (tertiary/aromatic N) is 1. The van der Waals surface area contributed by atoms with E-state index in [4.69, 9.17) is 4.74 Å². The van der Waals surface area contributed by atoms with E-state index in [1.54, 1.807) is 0 Å². The number of rotatable bonds is 10. The first kappa shape index (κ1) is 29.3. The molecule has 28 heavy (non-hydrogen) atoms. The van der Waals surface area contributed by atoms with E-state index in [1.807, 2.05) is 27.7 Å². The van der Waals surface area contributed by atoms with E-state index in [9.17, 15) is 0 Å². The molecule has 0 saturated heterocycles. The molecule has 0 bridgehead atoms. The minimum Gasteiger partial charge on any atom is -0.376 e. The third-order valence-corrected chi connectivity index (χ3v) is 4.75. The van der Waals surface area contributed by atoms with Crippen molar-refractivity contribution in [3.8, 4) is 0 Å². The Bertz CT molecular complexity index is 409. The molecule has 2 nitrogen and oxygen atoms in total. The van der Waals surface area contributed by atoms with E-state index in [-0.39, 0.29) is 0 Å². The summed E-state index contributed by atoms with van der Waals surface area (Å²) >= 11 is 0. The van der Waals surface area contributed by atoms with Gasteiger partial charge in [-0.05, 0) is 51.1 Å². The van der Waals surface area contributed by atoms with Gasteiger partial charge in [-0.2, -0.15) is 0 Å². The molecule has 0 aromatic rings. The lowest BCUT2D eigenvalue weighted by Gasteiger charge is -2.40. The van der Waals surface area contributed by atoms with Crippen LogP contribution in [0.5, 0.6) is 0 Å². The summed E-state index contributed by atoms with van der Waals surface area (Å²) in [5, 5.41) is 0. The van der Waals surface area contributed by atoms with E-state index in [2.05, 4.69) is 69.9 Å². The SMILES string of the molecule is CC.CC.C\C=C/C=C(\C=C/C)CCOC1CCCCC1N(CC)CC(C)C. The number of allylic oxidation sites excluding steroid dienone is 5. The molecule has 2 heteroatoms. The van der Waals surface area contributed by atoms with Gasteiger partial charge in [0.05, 0.1) is 12.7 Å². The van der Waals surface area contributed by atoms with Crippen molar-refractivity contribution in [2.75, 3.05) is 19.7 Å². The Morgan fingerprint density at radius 2 is 1.68 bits per heavy atom. The molecule has 0 radical (unpaired) electrons. The van der Waals surface area contributed by atoms with Gasteiger partial charge in [0.15, 0.2) is 0 Å². The highest BCUT2D eigenvalue weighted by Gasteiger charge is 2.30.